The molecule has 2 heterocycles. The average molecular weight is 894 g/mol. The number of hydrogen-bond donors (Lipinski definition) is 2. The number of allylic oxidation sites excluding steroid dienone is 1. The first-order chi connectivity index (χ1) is 30.7. The highest BCUT2D eigenvalue weighted by Crippen LogP contribution is 2.77. The number of nitrogens with zero attached hydrogens (tertiary/aromatic N) is 4. The van der Waals surface area contributed by atoms with Gasteiger partial charge in [-0.05, 0) is 143 Å². The van der Waals surface area contributed by atoms with E-state index in [1.165, 1.54) is 11.1 Å². The molecule has 1 aromatic heterocycles. The summed E-state index contributed by atoms with van der Waals surface area (Å²) in [6, 6.07) is 12.4. The fraction of sp³-hybridized carbons (Fsp3) is 0.722. The van der Waals surface area contributed by atoms with E-state index in [4.69, 9.17) is 9.47 Å². The van der Waals surface area contributed by atoms with E-state index in [9.17, 15) is 19.5 Å². The number of esters is 2. The van der Waals surface area contributed by atoms with Crippen LogP contribution in [0.4, 0.5) is 11.6 Å². The molecule has 65 heavy (non-hydrogen) atoms. The summed E-state index contributed by atoms with van der Waals surface area (Å²) in [5.74, 6) is 2.36. The maximum Gasteiger partial charge on any atom is 0.312 e. The normalized spacial score (nSPS) is 35.4. The molecule has 0 unspecified atom stereocenters. The summed E-state index contributed by atoms with van der Waals surface area (Å²) in [6.45, 7) is 28.0. The number of aliphatic carboxylic acids is 1. The van der Waals surface area contributed by atoms with Crippen LogP contribution >= 0.6 is 0 Å². The third-order valence-electron chi connectivity index (χ3n) is 19.4. The van der Waals surface area contributed by atoms with Gasteiger partial charge in [-0.1, -0.05) is 77.1 Å². The van der Waals surface area contributed by atoms with Crippen LogP contribution in [-0.4, -0.2) is 83.3 Å². The van der Waals surface area contributed by atoms with Crippen molar-refractivity contribution in [3.63, 3.8) is 0 Å². The molecule has 0 radical (unpaired) electrons. The molecule has 5 aliphatic carbocycles. The van der Waals surface area contributed by atoms with Crippen molar-refractivity contribution in [2.24, 2.45) is 62.1 Å². The minimum atomic E-state index is -1.16. The standard InChI is InChI=1S/C54H79N5O6/c1-36(2)38-18-23-54(48(63)64-31-13-26-58-27-29-59(30-28-58)44-32-43(56-35-57-44)55-34-37-14-11-10-12-15-37)25-24-52(8)39(46(38)54)16-17-41-51(7)21-20-42(65-45(60)33-49(3,4)47(61)62)50(5,6)40(51)19-22-53(41,52)9/h10-12,14-15,32,35,38-42,46H,1,13,16-31,33-34H2,2-9H3,(H,61,62)(H,55,56,57)/t38-,39+,40-,41+,42-,46+,51-,52+,53+,54-/m0/s1. The zero-order valence-electron chi connectivity index (χ0n) is 40.9. The predicted octanol–water partition coefficient (Wildman–Crippen LogP) is 10.2. The van der Waals surface area contributed by atoms with Crippen molar-refractivity contribution >= 4 is 29.5 Å². The highest BCUT2D eigenvalue weighted by molar-refractivity contribution is 5.81. The minimum absolute atomic E-state index is 0.0443. The molecular formula is C54H79N5O6. The molecule has 10 atom stereocenters. The van der Waals surface area contributed by atoms with E-state index >= 15 is 0 Å². The van der Waals surface area contributed by atoms with Crippen molar-refractivity contribution in [2.75, 3.05) is 49.5 Å². The summed E-state index contributed by atoms with van der Waals surface area (Å²) in [5.41, 5.74) is 0.888. The van der Waals surface area contributed by atoms with E-state index < -0.39 is 22.8 Å². The Morgan fingerprint density at radius 1 is 0.877 bits per heavy atom. The van der Waals surface area contributed by atoms with Crippen molar-refractivity contribution in [1.29, 1.82) is 0 Å². The maximum absolute atomic E-state index is 14.7. The summed E-state index contributed by atoms with van der Waals surface area (Å²) in [7, 11) is 0. The number of benzene rings is 1. The van der Waals surface area contributed by atoms with Gasteiger partial charge in [0.1, 0.15) is 24.1 Å². The number of carboxylic acid groups (broad SMARTS) is 1. The number of ether oxygens (including phenoxy) is 2. The molecule has 2 aromatic rings. The minimum Gasteiger partial charge on any atom is -0.481 e. The third-order valence-corrected chi connectivity index (χ3v) is 19.4. The van der Waals surface area contributed by atoms with Gasteiger partial charge < -0.3 is 24.8 Å². The van der Waals surface area contributed by atoms with E-state index in [0.717, 1.165) is 122 Å². The van der Waals surface area contributed by atoms with E-state index in [-0.39, 0.29) is 46.1 Å². The Balaban J connectivity index is 0.879. The van der Waals surface area contributed by atoms with E-state index in [1.807, 2.05) is 24.3 Å². The Morgan fingerprint density at radius 2 is 1.62 bits per heavy atom. The van der Waals surface area contributed by atoms with Crippen LogP contribution < -0.4 is 10.2 Å². The van der Waals surface area contributed by atoms with E-state index in [0.29, 0.717) is 30.3 Å². The van der Waals surface area contributed by atoms with Gasteiger partial charge in [0.05, 0.1) is 23.9 Å². The van der Waals surface area contributed by atoms with Gasteiger partial charge in [-0.3, -0.25) is 19.3 Å². The molecule has 0 amide bonds. The lowest BCUT2D eigenvalue weighted by atomic mass is 9.32. The highest BCUT2D eigenvalue weighted by atomic mass is 16.5. The number of carboxylic acids is 1. The Labute approximate surface area is 389 Å². The summed E-state index contributed by atoms with van der Waals surface area (Å²) in [4.78, 5) is 53.5. The Morgan fingerprint density at radius 3 is 2.32 bits per heavy atom. The molecule has 1 aromatic carbocycles. The number of carbonyl (C=O) groups excluding carboxylic acids is 2. The first-order valence-corrected chi connectivity index (χ1v) is 25.1. The quantitative estimate of drug-likeness (QED) is 0.107. The van der Waals surface area contributed by atoms with Crippen LogP contribution in [-0.2, 0) is 30.4 Å². The largest absolute Gasteiger partial charge is 0.481 e. The monoisotopic (exact) mass is 894 g/mol. The molecule has 1 saturated heterocycles. The fourth-order valence-electron chi connectivity index (χ4n) is 15.5. The van der Waals surface area contributed by atoms with Gasteiger partial charge >= 0.3 is 17.9 Å². The molecule has 356 valence electrons. The molecule has 6 fully saturated rings. The SMILES string of the molecule is C=C(C)[C@@H]1CC[C@]2(C(=O)OCCCN3CCN(c4cc(NCc5ccccc5)ncn4)CC3)CC[C@]3(C)[C@H](CC[C@@H]4[C@@]5(C)CC[C@H](OC(=O)CC(C)(C)C(=O)O)C(C)(C)[C@@H]5CC[C@]43C)[C@@H]12. The average Bonchev–Trinajstić information content (AvgIpc) is 3.68. The molecular weight excluding hydrogens is 815 g/mol. The van der Waals surface area contributed by atoms with Gasteiger partial charge in [-0.15, -0.1) is 0 Å². The second-order valence-electron chi connectivity index (χ2n) is 23.5. The highest BCUT2D eigenvalue weighted by Gasteiger charge is 2.72. The van der Waals surface area contributed by atoms with Crippen molar-refractivity contribution < 1.29 is 29.0 Å². The fourth-order valence-corrected chi connectivity index (χ4v) is 15.5. The molecule has 2 N–H and O–H groups in total. The Hall–Kier alpha value is -3.99. The Kier molecular flexibility index (Phi) is 13.1. The zero-order valence-corrected chi connectivity index (χ0v) is 40.9. The summed E-state index contributed by atoms with van der Waals surface area (Å²) < 4.78 is 12.6. The van der Waals surface area contributed by atoms with Crippen molar-refractivity contribution in [3.05, 3.63) is 60.4 Å². The summed E-state index contributed by atoms with van der Waals surface area (Å²) in [5, 5.41) is 13.1. The first-order valence-electron chi connectivity index (χ1n) is 25.1. The smallest absolute Gasteiger partial charge is 0.312 e. The molecule has 1 aliphatic heterocycles. The summed E-state index contributed by atoms with van der Waals surface area (Å²) >= 11 is 0. The van der Waals surface area contributed by atoms with Gasteiger partial charge in [0.15, 0.2) is 0 Å². The molecule has 6 aliphatic rings. The molecule has 8 rings (SSSR count). The van der Waals surface area contributed by atoms with Crippen LogP contribution in [0, 0.1) is 62.1 Å². The number of carbonyl (C=O) groups is 3. The summed E-state index contributed by atoms with van der Waals surface area (Å²) in [6.07, 6.45) is 12.3. The molecule has 11 heteroatoms. The number of hydrogen-bond acceptors (Lipinski definition) is 10. The third kappa shape index (κ3) is 8.51. The second-order valence-corrected chi connectivity index (χ2v) is 23.5. The van der Waals surface area contributed by atoms with Crippen molar-refractivity contribution in [3.8, 4) is 0 Å². The molecule has 0 spiro atoms. The van der Waals surface area contributed by atoms with Crippen LogP contribution in [0.15, 0.2) is 54.9 Å². The van der Waals surface area contributed by atoms with Gasteiger partial charge in [0.25, 0.3) is 0 Å². The zero-order chi connectivity index (χ0) is 46.6. The van der Waals surface area contributed by atoms with Gasteiger partial charge in [-0.2, -0.15) is 0 Å². The Bertz CT molecular complexity index is 2080. The number of rotatable bonds is 14. The lowest BCUT2D eigenvalue weighted by Gasteiger charge is -2.72. The van der Waals surface area contributed by atoms with Crippen LogP contribution in [0.3, 0.4) is 0 Å². The van der Waals surface area contributed by atoms with Crippen LogP contribution in [0.1, 0.15) is 138 Å². The van der Waals surface area contributed by atoms with Crippen molar-refractivity contribution in [1.82, 2.24) is 14.9 Å². The van der Waals surface area contributed by atoms with Crippen molar-refractivity contribution in [2.45, 2.75) is 145 Å². The number of fused-ring (bicyclic) bond motifs is 7. The van der Waals surface area contributed by atoms with E-state index in [1.54, 1.807) is 20.2 Å². The predicted molar refractivity (Wildman–Crippen MR) is 255 cm³/mol. The van der Waals surface area contributed by atoms with Crippen LogP contribution in [0.5, 0.6) is 0 Å². The lowest BCUT2D eigenvalue weighted by Crippen LogP contribution is -2.67. The first kappa shape index (κ1) is 47.5. The number of aromatic nitrogens is 2. The topological polar surface area (TPSA) is 134 Å². The van der Waals surface area contributed by atoms with Crippen LogP contribution in [0.2, 0.25) is 0 Å². The number of anilines is 2. The molecule has 0 bridgehead atoms. The van der Waals surface area contributed by atoms with Gasteiger partial charge in [0, 0.05) is 50.7 Å². The number of nitrogens with one attached hydrogen (secondary N) is 1. The molecule has 11 nitrogen and oxygen atoms in total. The molecule has 5 saturated carbocycles. The van der Waals surface area contributed by atoms with Crippen LogP contribution in [0.25, 0.3) is 0 Å². The van der Waals surface area contributed by atoms with E-state index in [2.05, 4.69) is 85.3 Å². The number of piperazine rings is 1. The van der Waals surface area contributed by atoms with Gasteiger partial charge in [-0.25, -0.2) is 9.97 Å². The maximum atomic E-state index is 14.7. The van der Waals surface area contributed by atoms with Gasteiger partial charge in [0.2, 0.25) is 0 Å². The second kappa shape index (κ2) is 17.9. The lowest BCUT2D eigenvalue weighted by molar-refractivity contribution is -0.251.